The van der Waals surface area contributed by atoms with Crippen molar-refractivity contribution >= 4 is 45.5 Å². The largest absolute Gasteiger partial charge is 0.457 e. The van der Waals surface area contributed by atoms with E-state index < -0.39 is 0 Å². The number of hydrogen-bond acceptors (Lipinski definition) is 5. The van der Waals surface area contributed by atoms with Crippen LogP contribution in [0.5, 0.6) is 11.5 Å². The minimum Gasteiger partial charge on any atom is -0.457 e. The Morgan fingerprint density at radius 2 is 1.64 bits per heavy atom. The predicted molar refractivity (Wildman–Crippen MR) is 106 cm³/mol. The van der Waals surface area contributed by atoms with E-state index in [0.29, 0.717) is 0 Å². The summed E-state index contributed by atoms with van der Waals surface area (Å²) in [4.78, 5) is 9.69. The number of nitrogens with one attached hydrogen (secondary N) is 1. The first-order valence-electron chi connectivity index (χ1n) is 7.58. The van der Waals surface area contributed by atoms with E-state index in [1.165, 1.54) is 5.56 Å². The number of ether oxygens (including phenoxy) is 1. The van der Waals surface area contributed by atoms with Gasteiger partial charge in [-0.2, -0.15) is 0 Å². The van der Waals surface area contributed by atoms with Crippen molar-refractivity contribution in [2.75, 3.05) is 5.32 Å². The summed E-state index contributed by atoms with van der Waals surface area (Å²) in [6, 6.07) is 17.6. The van der Waals surface area contributed by atoms with Crippen LogP contribution >= 0.6 is 23.7 Å². The van der Waals surface area contributed by atoms with E-state index >= 15 is 0 Å². The minimum atomic E-state index is 0. The molecule has 0 saturated carbocycles. The molecule has 1 N–H and O–H groups in total. The van der Waals surface area contributed by atoms with Crippen molar-refractivity contribution in [3.05, 3.63) is 71.9 Å². The Hall–Kier alpha value is -2.63. The van der Waals surface area contributed by atoms with Crippen LogP contribution in [0.4, 0.5) is 11.5 Å². The SMILES string of the molecule is Cc1csc2ncnc(Nc3ccc(Oc4ccccc4)cc3)c12.Cl. The number of halogens is 1. The van der Waals surface area contributed by atoms with Crippen molar-refractivity contribution in [3.8, 4) is 11.5 Å². The van der Waals surface area contributed by atoms with E-state index in [1.54, 1.807) is 17.7 Å². The lowest BCUT2D eigenvalue weighted by atomic mass is 10.2. The second-order valence-electron chi connectivity index (χ2n) is 5.39. The number of benzene rings is 2. The van der Waals surface area contributed by atoms with Crippen LogP contribution < -0.4 is 10.1 Å². The van der Waals surface area contributed by atoms with Gasteiger partial charge in [0.1, 0.15) is 28.5 Å². The second kappa shape index (κ2) is 7.51. The van der Waals surface area contributed by atoms with Crippen molar-refractivity contribution in [1.82, 2.24) is 9.97 Å². The Bertz CT molecular complexity index is 971. The summed E-state index contributed by atoms with van der Waals surface area (Å²) < 4.78 is 5.81. The smallest absolute Gasteiger partial charge is 0.142 e. The molecule has 4 rings (SSSR count). The Kier molecular flexibility index (Phi) is 5.16. The molecule has 0 amide bonds. The van der Waals surface area contributed by atoms with Crippen molar-refractivity contribution in [1.29, 1.82) is 0 Å². The first-order chi connectivity index (χ1) is 11.8. The fraction of sp³-hybridized carbons (Fsp3) is 0.0526. The first kappa shape index (κ1) is 17.2. The molecule has 0 radical (unpaired) electrons. The molecule has 0 aliphatic rings. The van der Waals surface area contributed by atoms with Gasteiger partial charge in [0.2, 0.25) is 0 Å². The molecule has 0 aliphatic carbocycles. The number of aryl methyl sites for hydroxylation is 1. The lowest BCUT2D eigenvalue weighted by molar-refractivity contribution is 0.483. The molecule has 0 unspecified atom stereocenters. The molecule has 2 aromatic heterocycles. The van der Waals surface area contributed by atoms with Gasteiger partial charge in [-0.15, -0.1) is 23.7 Å². The third-order valence-electron chi connectivity index (χ3n) is 3.65. The van der Waals surface area contributed by atoms with E-state index in [-0.39, 0.29) is 12.4 Å². The van der Waals surface area contributed by atoms with Gasteiger partial charge in [-0.3, -0.25) is 0 Å². The molecule has 6 heteroatoms. The summed E-state index contributed by atoms with van der Waals surface area (Å²) in [5.74, 6) is 2.45. The van der Waals surface area contributed by atoms with Crippen molar-refractivity contribution < 1.29 is 4.74 Å². The van der Waals surface area contributed by atoms with Gasteiger partial charge in [0.25, 0.3) is 0 Å². The number of para-hydroxylation sites is 1. The lowest BCUT2D eigenvalue weighted by Crippen LogP contribution is -1.95. The molecule has 0 fully saturated rings. The van der Waals surface area contributed by atoms with Gasteiger partial charge in [-0.25, -0.2) is 9.97 Å². The van der Waals surface area contributed by atoms with E-state index in [1.807, 2.05) is 54.6 Å². The first-order valence-corrected chi connectivity index (χ1v) is 8.46. The Morgan fingerprint density at radius 1 is 0.920 bits per heavy atom. The van der Waals surface area contributed by atoms with Crippen LogP contribution in [0, 0.1) is 6.92 Å². The van der Waals surface area contributed by atoms with Gasteiger partial charge < -0.3 is 10.1 Å². The van der Waals surface area contributed by atoms with E-state index in [4.69, 9.17) is 4.74 Å². The van der Waals surface area contributed by atoms with Crippen molar-refractivity contribution in [2.45, 2.75) is 6.92 Å². The second-order valence-corrected chi connectivity index (χ2v) is 6.24. The standard InChI is InChI=1S/C19H15N3OS.ClH/c1-13-11-24-19-17(13)18(20-12-21-19)22-14-7-9-16(10-8-14)23-15-5-3-2-4-6-15;/h2-12H,1H3,(H,20,21,22);1H. The van der Waals surface area contributed by atoms with Crippen LogP contribution in [0.3, 0.4) is 0 Å². The molecule has 4 aromatic rings. The summed E-state index contributed by atoms with van der Waals surface area (Å²) in [5.41, 5.74) is 2.14. The van der Waals surface area contributed by atoms with Crippen LogP contribution in [0.1, 0.15) is 5.56 Å². The van der Waals surface area contributed by atoms with Crippen LogP contribution in [0.2, 0.25) is 0 Å². The number of rotatable bonds is 4. The van der Waals surface area contributed by atoms with Gasteiger partial charge in [-0.1, -0.05) is 18.2 Å². The van der Waals surface area contributed by atoms with Gasteiger partial charge >= 0.3 is 0 Å². The van der Waals surface area contributed by atoms with Crippen molar-refractivity contribution in [3.63, 3.8) is 0 Å². The highest BCUT2D eigenvalue weighted by Gasteiger charge is 2.08. The molecule has 0 aliphatic heterocycles. The normalized spacial score (nSPS) is 10.3. The van der Waals surface area contributed by atoms with Gasteiger partial charge in [-0.05, 0) is 54.3 Å². The Balaban J connectivity index is 0.00000182. The van der Waals surface area contributed by atoms with Gasteiger partial charge in [0, 0.05) is 5.69 Å². The summed E-state index contributed by atoms with van der Waals surface area (Å²) in [6.07, 6.45) is 1.59. The summed E-state index contributed by atoms with van der Waals surface area (Å²) >= 11 is 1.63. The highest BCUT2D eigenvalue weighted by Crippen LogP contribution is 2.31. The van der Waals surface area contributed by atoms with Gasteiger partial charge in [0.05, 0.1) is 5.39 Å². The van der Waals surface area contributed by atoms with Gasteiger partial charge in [0.15, 0.2) is 0 Å². The predicted octanol–water partition coefficient (Wildman–Crippen LogP) is 5.96. The summed E-state index contributed by atoms with van der Waals surface area (Å²) in [5, 5.41) is 6.54. The third-order valence-corrected chi connectivity index (χ3v) is 4.65. The molecule has 0 spiro atoms. The molecule has 0 atom stereocenters. The number of nitrogens with zero attached hydrogens (tertiary/aromatic N) is 2. The zero-order valence-electron chi connectivity index (χ0n) is 13.5. The average Bonchev–Trinajstić information content (AvgIpc) is 3.00. The maximum absolute atomic E-state index is 5.81. The number of fused-ring (bicyclic) bond motifs is 1. The maximum Gasteiger partial charge on any atom is 0.142 e. The van der Waals surface area contributed by atoms with Crippen molar-refractivity contribution in [2.24, 2.45) is 0 Å². The number of hydrogen-bond donors (Lipinski definition) is 1. The third kappa shape index (κ3) is 3.73. The number of aromatic nitrogens is 2. The summed E-state index contributed by atoms with van der Waals surface area (Å²) in [7, 11) is 0. The number of thiophene rings is 1. The molecular formula is C19H16ClN3OS. The molecular weight excluding hydrogens is 354 g/mol. The molecule has 0 bridgehead atoms. The monoisotopic (exact) mass is 369 g/mol. The van der Waals surface area contributed by atoms with Crippen LogP contribution in [0.15, 0.2) is 66.3 Å². The molecule has 2 heterocycles. The molecule has 126 valence electrons. The van der Waals surface area contributed by atoms with Crippen LogP contribution in [-0.2, 0) is 0 Å². The molecule has 2 aromatic carbocycles. The molecule has 4 nitrogen and oxygen atoms in total. The Labute approximate surface area is 155 Å². The zero-order chi connectivity index (χ0) is 16.4. The maximum atomic E-state index is 5.81. The molecule has 25 heavy (non-hydrogen) atoms. The van der Waals surface area contributed by atoms with E-state index in [0.717, 1.165) is 33.2 Å². The topological polar surface area (TPSA) is 47.0 Å². The number of anilines is 2. The van der Waals surface area contributed by atoms with Crippen LogP contribution in [-0.4, -0.2) is 9.97 Å². The molecule has 0 saturated heterocycles. The minimum absolute atomic E-state index is 0. The fourth-order valence-corrected chi connectivity index (χ4v) is 3.37. The highest BCUT2D eigenvalue weighted by molar-refractivity contribution is 7.17. The average molecular weight is 370 g/mol. The highest BCUT2D eigenvalue weighted by atomic mass is 35.5. The Morgan fingerprint density at radius 3 is 2.40 bits per heavy atom. The lowest BCUT2D eigenvalue weighted by Gasteiger charge is -2.09. The van der Waals surface area contributed by atoms with E-state index in [9.17, 15) is 0 Å². The van der Waals surface area contributed by atoms with Crippen LogP contribution in [0.25, 0.3) is 10.2 Å². The van der Waals surface area contributed by atoms with E-state index in [2.05, 4.69) is 27.6 Å². The zero-order valence-corrected chi connectivity index (χ0v) is 15.1. The summed E-state index contributed by atoms with van der Waals surface area (Å²) in [6.45, 7) is 2.07. The fourth-order valence-electron chi connectivity index (χ4n) is 2.48. The quantitative estimate of drug-likeness (QED) is 0.482.